The number of benzene rings is 1. The molecule has 0 radical (unpaired) electrons. The van der Waals surface area contributed by atoms with E-state index >= 15 is 0 Å². The van der Waals surface area contributed by atoms with E-state index in [1.165, 1.54) is 0 Å². The fourth-order valence-electron chi connectivity index (χ4n) is 3.51. The molecule has 2 amide bonds. The van der Waals surface area contributed by atoms with Crippen molar-refractivity contribution in [2.45, 2.75) is 52.1 Å². The van der Waals surface area contributed by atoms with Gasteiger partial charge in [0, 0.05) is 32.1 Å². The molecule has 2 unspecified atom stereocenters. The number of rotatable bonds is 9. The number of hydrogen-bond donors (Lipinski definition) is 1. The van der Waals surface area contributed by atoms with Crippen LogP contribution in [0.15, 0.2) is 30.3 Å². The minimum absolute atomic E-state index is 0. The lowest BCUT2D eigenvalue weighted by Crippen LogP contribution is -2.39. The highest BCUT2D eigenvalue weighted by molar-refractivity contribution is 5.89. The van der Waals surface area contributed by atoms with Crippen LogP contribution in [0.1, 0.15) is 45.1 Å². The van der Waals surface area contributed by atoms with Crippen molar-refractivity contribution in [3.63, 3.8) is 0 Å². The molecular formula is C20H32ClN3O2. The molecular weight excluding hydrogens is 350 g/mol. The van der Waals surface area contributed by atoms with Gasteiger partial charge in [0.1, 0.15) is 0 Å². The van der Waals surface area contributed by atoms with Gasteiger partial charge in [0.2, 0.25) is 11.8 Å². The van der Waals surface area contributed by atoms with Gasteiger partial charge in [-0.1, -0.05) is 43.7 Å². The fourth-order valence-corrected chi connectivity index (χ4v) is 3.51. The molecule has 0 aromatic heterocycles. The number of carbonyl (C=O) groups is 2. The molecule has 1 aromatic carbocycles. The summed E-state index contributed by atoms with van der Waals surface area (Å²) in [6, 6.07) is 10.2. The van der Waals surface area contributed by atoms with E-state index in [0.717, 1.165) is 24.8 Å². The Bertz CT molecular complexity index is 567. The minimum atomic E-state index is -0.228. The Kier molecular flexibility index (Phi) is 9.66. The van der Waals surface area contributed by atoms with Gasteiger partial charge in [0.15, 0.2) is 0 Å². The van der Waals surface area contributed by atoms with E-state index in [9.17, 15) is 9.59 Å². The van der Waals surface area contributed by atoms with Crippen LogP contribution in [-0.2, 0) is 16.1 Å². The number of nitrogens with two attached hydrogens (primary N) is 1. The smallest absolute Gasteiger partial charge is 0.228 e. The summed E-state index contributed by atoms with van der Waals surface area (Å²) in [6.45, 7) is 6.52. The number of carbonyl (C=O) groups excluding carboxylic acids is 2. The van der Waals surface area contributed by atoms with Crippen LogP contribution in [0.3, 0.4) is 0 Å². The van der Waals surface area contributed by atoms with Crippen molar-refractivity contribution in [3.8, 4) is 0 Å². The minimum Gasteiger partial charge on any atom is -0.339 e. The average Bonchev–Trinajstić information content (AvgIpc) is 3.01. The fraction of sp³-hybridized carbons (Fsp3) is 0.600. The molecule has 1 saturated heterocycles. The second kappa shape index (κ2) is 11.2. The van der Waals surface area contributed by atoms with Crippen molar-refractivity contribution in [2.24, 2.45) is 11.7 Å². The summed E-state index contributed by atoms with van der Waals surface area (Å²) in [5.74, 6) is -0.0390. The van der Waals surface area contributed by atoms with E-state index in [1.807, 2.05) is 40.1 Å². The van der Waals surface area contributed by atoms with E-state index in [2.05, 4.69) is 13.8 Å². The van der Waals surface area contributed by atoms with Crippen LogP contribution in [0.4, 0.5) is 0 Å². The first-order chi connectivity index (χ1) is 12.1. The second-order valence-electron chi connectivity index (χ2n) is 6.97. The maximum atomic E-state index is 13.0. The van der Waals surface area contributed by atoms with Gasteiger partial charge in [-0.3, -0.25) is 9.59 Å². The van der Waals surface area contributed by atoms with Crippen LogP contribution in [0.25, 0.3) is 0 Å². The summed E-state index contributed by atoms with van der Waals surface area (Å²) in [6.07, 6.45) is 3.13. The molecule has 0 bridgehead atoms. The first kappa shape index (κ1) is 22.5. The van der Waals surface area contributed by atoms with Gasteiger partial charge < -0.3 is 15.5 Å². The molecule has 6 heteroatoms. The zero-order chi connectivity index (χ0) is 18.2. The van der Waals surface area contributed by atoms with Crippen LogP contribution in [0.5, 0.6) is 0 Å². The summed E-state index contributed by atoms with van der Waals surface area (Å²) in [4.78, 5) is 29.1. The molecule has 1 aliphatic rings. The normalized spacial score (nSPS) is 17.7. The molecule has 146 valence electrons. The number of likely N-dealkylation sites (tertiary alicyclic amines) is 1. The molecule has 1 aliphatic heterocycles. The topological polar surface area (TPSA) is 66.6 Å². The monoisotopic (exact) mass is 381 g/mol. The zero-order valence-electron chi connectivity index (χ0n) is 15.9. The van der Waals surface area contributed by atoms with Crippen molar-refractivity contribution in [1.29, 1.82) is 0 Å². The Morgan fingerprint density at radius 3 is 2.65 bits per heavy atom. The second-order valence-corrected chi connectivity index (χ2v) is 6.97. The lowest BCUT2D eigenvalue weighted by atomic mass is 10.1. The van der Waals surface area contributed by atoms with Gasteiger partial charge in [0.05, 0.1) is 5.92 Å². The first-order valence-corrected chi connectivity index (χ1v) is 9.39. The highest BCUT2D eigenvalue weighted by Gasteiger charge is 2.38. The summed E-state index contributed by atoms with van der Waals surface area (Å²) < 4.78 is 0. The van der Waals surface area contributed by atoms with Crippen LogP contribution < -0.4 is 5.73 Å². The zero-order valence-corrected chi connectivity index (χ0v) is 16.7. The van der Waals surface area contributed by atoms with E-state index < -0.39 is 0 Å². The Balaban J connectivity index is 0.00000338. The quantitative estimate of drug-likeness (QED) is 0.715. The number of nitrogens with zero attached hydrogens (tertiary/aromatic N) is 2. The Hall–Kier alpha value is -1.59. The van der Waals surface area contributed by atoms with Gasteiger partial charge in [-0.05, 0) is 31.9 Å². The summed E-state index contributed by atoms with van der Waals surface area (Å²) in [7, 11) is 0. The Morgan fingerprint density at radius 1 is 1.35 bits per heavy atom. The largest absolute Gasteiger partial charge is 0.339 e. The SMILES string of the molecule is CCCC(C)N1CC(C(=O)N(CCCN)Cc2ccccc2)CC1=O.Cl. The third kappa shape index (κ3) is 5.99. The van der Waals surface area contributed by atoms with Crippen LogP contribution >= 0.6 is 12.4 Å². The van der Waals surface area contributed by atoms with Gasteiger partial charge >= 0.3 is 0 Å². The van der Waals surface area contributed by atoms with Crippen molar-refractivity contribution >= 4 is 24.2 Å². The molecule has 0 aliphatic carbocycles. The molecule has 2 N–H and O–H groups in total. The maximum Gasteiger partial charge on any atom is 0.228 e. The van der Waals surface area contributed by atoms with Crippen LogP contribution in [0.2, 0.25) is 0 Å². The molecule has 0 saturated carbocycles. The Morgan fingerprint density at radius 2 is 2.04 bits per heavy atom. The van der Waals surface area contributed by atoms with E-state index in [4.69, 9.17) is 5.73 Å². The molecule has 2 atom stereocenters. The van der Waals surface area contributed by atoms with Gasteiger partial charge in [-0.25, -0.2) is 0 Å². The number of amides is 2. The van der Waals surface area contributed by atoms with Gasteiger partial charge in [-0.15, -0.1) is 12.4 Å². The van der Waals surface area contributed by atoms with Gasteiger partial charge in [-0.2, -0.15) is 0 Å². The van der Waals surface area contributed by atoms with E-state index in [-0.39, 0.29) is 36.2 Å². The number of halogens is 1. The predicted molar refractivity (Wildman–Crippen MR) is 107 cm³/mol. The van der Waals surface area contributed by atoms with Gasteiger partial charge in [0.25, 0.3) is 0 Å². The van der Waals surface area contributed by atoms with E-state index in [0.29, 0.717) is 32.6 Å². The molecule has 0 spiro atoms. The highest BCUT2D eigenvalue weighted by atomic mass is 35.5. The maximum absolute atomic E-state index is 13.0. The summed E-state index contributed by atoms with van der Waals surface area (Å²) in [5, 5.41) is 0. The third-order valence-corrected chi connectivity index (χ3v) is 4.91. The van der Waals surface area contributed by atoms with Crippen molar-refractivity contribution in [2.75, 3.05) is 19.6 Å². The van der Waals surface area contributed by atoms with Crippen molar-refractivity contribution in [3.05, 3.63) is 35.9 Å². The van der Waals surface area contributed by atoms with E-state index in [1.54, 1.807) is 0 Å². The van der Waals surface area contributed by atoms with Crippen LogP contribution in [-0.4, -0.2) is 47.3 Å². The molecule has 26 heavy (non-hydrogen) atoms. The third-order valence-electron chi connectivity index (χ3n) is 4.91. The lowest BCUT2D eigenvalue weighted by Gasteiger charge is -2.27. The van der Waals surface area contributed by atoms with Crippen LogP contribution in [0, 0.1) is 5.92 Å². The molecule has 1 aromatic rings. The summed E-state index contributed by atoms with van der Waals surface area (Å²) in [5.41, 5.74) is 6.75. The molecule has 1 heterocycles. The number of hydrogen-bond acceptors (Lipinski definition) is 3. The first-order valence-electron chi connectivity index (χ1n) is 9.39. The lowest BCUT2D eigenvalue weighted by molar-refractivity contribution is -0.136. The average molecular weight is 382 g/mol. The van der Waals surface area contributed by atoms with Crippen molar-refractivity contribution in [1.82, 2.24) is 9.80 Å². The predicted octanol–water partition coefficient (Wildman–Crippen LogP) is 2.82. The molecule has 5 nitrogen and oxygen atoms in total. The standard InChI is InChI=1S/C20H31N3O2.ClH/c1-3-8-16(2)23-15-18(13-19(23)24)20(25)22(12-7-11-21)14-17-9-5-4-6-10-17;/h4-6,9-10,16,18H,3,7-8,11-15,21H2,1-2H3;1H. The summed E-state index contributed by atoms with van der Waals surface area (Å²) >= 11 is 0. The van der Waals surface area contributed by atoms with Crippen molar-refractivity contribution < 1.29 is 9.59 Å². The Labute approximate surface area is 163 Å². The molecule has 2 rings (SSSR count). The highest BCUT2D eigenvalue weighted by Crippen LogP contribution is 2.24. The molecule has 1 fully saturated rings.